The molecule has 7 nitrogen and oxygen atoms in total. The number of halogens is 1. The van der Waals surface area contributed by atoms with E-state index in [0.29, 0.717) is 61.5 Å². The van der Waals surface area contributed by atoms with Crippen LogP contribution < -0.4 is 0 Å². The summed E-state index contributed by atoms with van der Waals surface area (Å²) in [6.45, 7) is 1.45. The molecule has 174 valence electrons. The number of hydrogen-bond acceptors (Lipinski definition) is 5. The van der Waals surface area contributed by atoms with Crippen LogP contribution in [0.2, 0.25) is 5.02 Å². The summed E-state index contributed by atoms with van der Waals surface area (Å²) in [7, 11) is 0. The van der Waals surface area contributed by atoms with Crippen LogP contribution in [-0.2, 0) is 17.8 Å². The minimum Gasteiger partial charge on any atom is -0.356 e. The van der Waals surface area contributed by atoms with Crippen LogP contribution in [0.25, 0.3) is 11.3 Å². The van der Waals surface area contributed by atoms with E-state index in [4.69, 9.17) is 16.1 Å². The minimum absolute atomic E-state index is 0.0856. The Morgan fingerprint density at radius 3 is 2.38 bits per heavy atom. The molecule has 3 amide bonds. The van der Waals surface area contributed by atoms with Crippen molar-refractivity contribution in [1.82, 2.24) is 15.0 Å². The summed E-state index contributed by atoms with van der Waals surface area (Å²) in [6, 6.07) is 14.3. The highest BCUT2D eigenvalue weighted by Gasteiger charge is 2.34. The largest absolute Gasteiger partial charge is 0.356 e. The number of benzene rings is 2. The van der Waals surface area contributed by atoms with Gasteiger partial charge in [0.25, 0.3) is 11.8 Å². The van der Waals surface area contributed by atoms with Crippen LogP contribution >= 0.6 is 11.6 Å². The van der Waals surface area contributed by atoms with E-state index in [1.165, 1.54) is 4.90 Å². The lowest BCUT2D eigenvalue weighted by Gasteiger charge is -2.26. The molecule has 0 bridgehead atoms. The first-order valence-corrected chi connectivity index (χ1v) is 11.9. The Morgan fingerprint density at radius 2 is 1.68 bits per heavy atom. The lowest BCUT2D eigenvalue weighted by Crippen LogP contribution is -2.35. The summed E-state index contributed by atoms with van der Waals surface area (Å²) in [6.07, 6.45) is 3.28. The molecule has 1 aromatic heterocycles. The Kier molecular flexibility index (Phi) is 6.20. The summed E-state index contributed by atoms with van der Waals surface area (Å²) in [5, 5.41) is 4.87. The molecule has 8 heteroatoms. The molecule has 2 aliphatic rings. The van der Waals surface area contributed by atoms with Crippen molar-refractivity contribution in [3.63, 3.8) is 0 Å². The van der Waals surface area contributed by atoms with E-state index in [0.717, 1.165) is 29.0 Å². The van der Waals surface area contributed by atoms with Gasteiger partial charge >= 0.3 is 0 Å². The first-order valence-electron chi connectivity index (χ1n) is 11.5. The molecule has 0 radical (unpaired) electrons. The van der Waals surface area contributed by atoms with Crippen LogP contribution in [0.4, 0.5) is 0 Å². The van der Waals surface area contributed by atoms with Crippen LogP contribution in [0, 0.1) is 0 Å². The van der Waals surface area contributed by atoms with Crippen molar-refractivity contribution < 1.29 is 18.9 Å². The summed E-state index contributed by atoms with van der Waals surface area (Å²) in [5.41, 5.74) is 3.72. The average molecular weight is 478 g/mol. The van der Waals surface area contributed by atoms with Crippen LogP contribution in [0.15, 0.2) is 53.1 Å². The van der Waals surface area contributed by atoms with E-state index >= 15 is 0 Å². The number of aromatic nitrogens is 1. The monoisotopic (exact) mass is 477 g/mol. The zero-order valence-electron chi connectivity index (χ0n) is 18.6. The Balaban J connectivity index is 1.09. The molecule has 0 saturated carbocycles. The van der Waals surface area contributed by atoms with Crippen LogP contribution in [0.3, 0.4) is 0 Å². The van der Waals surface area contributed by atoms with E-state index in [2.05, 4.69) is 5.16 Å². The van der Waals surface area contributed by atoms with Gasteiger partial charge in [-0.05, 0) is 55.7 Å². The summed E-state index contributed by atoms with van der Waals surface area (Å²) in [5.74, 6) is 0.368. The van der Waals surface area contributed by atoms with Gasteiger partial charge in [0.1, 0.15) is 5.69 Å². The fourth-order valence-electron chi connectivity index (χ4n) is 4.60. The van der Waals surface area contributed by atoms with Crippen molar-refractivity contribution in [2.24, 2.45) is 0 Å². The molecule has 2 aliphatic heterocycles. The standard InChI is InChI=1S/C26H24ClN3O4/c27-18-11-9-17(10-12-18)24-21-13-15-29(16-22(21)28-34-24)23(31)8-2-1-5-14-30-25(32)19-6-3-4-7-20(19)26(30)33/h3-4,6-7,9-12H,1-2,5,8,13-16H2. The molecule has 0 fully saturated rings. The first kappa shape index (κ1) is 22.3. The lowest BCUT2D eigenvalue weighted by atomic mass is 10.0. The third kappa shape index (κ3) is 4.23. The zero-order valence-corrected chi connectivity index (χ0v) is 19.4. The zero-order chi connectivity index (χ0) is 23.7. The maximum atomic E-state index is 12.7. The number of nitrogens with zero attached hydrogens (tertiary/aromatic N) is 3. The summed E-state index contributed by atoms with van der Waals surface area (Å²) in [4.78, 5) is 40.7. The normalized spacial score (nSPS) is 15.0. The minimum atomic E-state index is -0.230. The quantitative estimate of drug-likeness (QED) is 0.362. The Labute approximate surface area is 202 Å². The maximum Gasteiger partial charge on any atom is 0.261 e. The predicted octanol–water partition coefficient (Wildman–Crippen LogP) is 4.74. The molecule has 0 aliphatic carbocycles. The lowest BCUT2D eigenvalue weighted by molar-refractivity contribution is -0.132. The second kappa shape index (κ2) is 9.43. The highest BCUT2D eigenvalue weighted by molar-refractivity contribution is 6.30. The Hall–Kier alpha value is -3.45. The molecular formula is C26H24ClN3O4. The van der Waals surface area contributed by atoms with Gasteiger partial charge in [-0.2, -0.15) is 0 Å². The van der Waals surface area contributed by atoms with Crippen molar-refractivity contribution in [3.05, 3.63) is 75.9 Å². The van der Waals surface area contributed by atoms with Crippen molar-refractivity contribution in [2.75, 3.05) is 13.1 Å². The molecule has 3 aromatic rings. The van der Waals surface area contributed by atoms with E-state index < -0.39 is 0 Å². The van der Waals surface area contributed by atoms with Gasteiger partial charge in [-0.1, -0.05) is 35.3 Å². The van der Waals surface area contributed by atoms with Crippen LogP contribution in [-0.4, -0.2) is 45.8 Å². The van der Waals surface area contributed by atoms with E-state index in [1.807, 2.05) is 29.2 Å². The van der Waals surface area contributed by atoms with Gasteiger partial charge in [-0.25, -0.2) is 0 Å². The van der Waals surface area contributed by atoms with E-state index in [9.17, 15) is 14.4 Å². The summed E-state index contributed by atoms with van der Waals surface area (Å²) < 4.78 is 5.58. The number of carbonyl (C=O) groups excluding carboxylic acids is 3. The third-order valence-corrected chi connectivity index (χ3v) is 6.70. The van der Waals surface area contributed by atoms with Gasteiger partial charge in [0.15, 0.2) is 5.76 Å². The molecule has 5 rings (SSSR count). The Morgan fingerprint density at radius 1 is 0.971 bits per heavy atom. The number of carbonyl (C=O) groups is 3. The van der Waals surface area contributed by atoms with Crippen molar-refractivity contribution >= 4 is 29.3 Å². The molecule has 2 aromatic carbocycles. The smallest absolute Gasteiger partial charge is 0.261 e. The number of imide groups is 1. The highest BCUT2D eigenvalue weighted by Crippen LogP contribution is 2.31. The van der Waals surface area contributed by atoms with E-state index in [-0.39, 0.29) is 17.7 Å². The number of rotatable bonds is 7. The van der Waals surface area contributed by atoms with Crippen molar-refractivity contribution in [1.29, 1.82) is 0 Å². The van der Waals surface area contributed by atoms with Gasteiger partial charge in [0, 0.05) is 35.7 Å². The second-order valence-electron chi connectivity index (χ2n) is 8.63. The Bertz CT molecular complexity index is 1220. The maximum absolute atomic E-state index is 12.7. The number of hydrogen-bond donors (Lipinski definition) is 0. The molecule has 0 unspecified atom stereocenters. The van der Waals surface area contributed by atoms with Crippen molar-refractivity contribution in [3.8, 4) is 11.3 Å². The van der Waals surface area contributed by atoms with Crippen LogP contribution in [0.1, 0.15) is 57.7 Å². The third-order valence-electron chi connectivity index (χ3n) is 6.45. The number of fused-ring (bicyclic) bond motifs is 2. The molecule has 3 heterocycles. The van der Waals surface area contributed by atoms with Gasteiger partial charge in [-0.15, -0.1) is 0 Å². The second-order valence-corrected chi connectivity index (χ2v) is 9.06. The molecule has 0 spiro atoms. The number of unbranched alkanes of at least 4 members (excludes halogenated alkanes) is 2. The molecule has 0 atom stereocenters. The molecule has 34 heavy (non-hydrogen) atoms. The fraction of sp³-hybridized carbons (Fsp3) is 0.308. The van der Waals surface area contributed by atoms with Gasteiger partial charge in [-0.3, -0.25) is 19.3 Å². The molecule has 0 saturated heterocycles. The average Bonchev–Trinajstić information content (AvgIpc) is 3.38. The molecule has 0 N–H and O–H groups in total. The van der Waals surface area contributed by atoms with Crippen LogP contribution in [0.5, 0.6) is 0 Å². The first-order chi connectivity index (χ1) is 16.5. The predicted molar refractivity (Wildman–Crippen MR) is 126 cm³/mol. The number of amides is 3. The summed E-state index contributed by atoms with van der Waals surface area (Å²) >= 11 is 5.97. The SMILES string of the molecule is O=C(CCCCCN1C(=O)c2ccccc2C1=O)N1CCc2c(noc2-c2ccc(Cl)cc2)C1. The van der Waals surface area contributed by atoms with Gasteiger partial charge in [0.2, 0.25) is 5.91 Å². The van der Waals surface area contributed by atoms with Gasteiger partial charge < -0.3 is 9.42 Å². The molecular weight excluding hydrogens is 454 g/mol. The van der Waals surface area contributed by atoms with E-state index in [1.54, 1.807) is 24.3 Å². The fourth-order valence-corrected chi connectivity index (χ4v) is 4.72. The highest BCUT2D eigenvalue weighted by atomic mass is 35.5. The topological polar surface area (TPSA) is 83.7 Å². The van der Waals surface area contributed by atoms with Crippen molar-refractivity contribution in [2.45, 2.75) is 38.6 Å². The van der Waals surface area contributed by atoms with Gasteiger partial charge in [0.05, 0.1) is 17.7 Å².